The number of likely N-dealkylation sites (tertiary alicyclic amines) is 1. The molecule has 1 heterocycles. The lowest BCUT2D eigenvalue weighted by Crippen LogP contribution is -2.46. The summed E-state index contributed by atoms with van der Waals surface area (Å²) in [5, 5.41) is 8.89. The first kappa shape index (κ1) is 14.1. The van der Waals surface area contributed by atoms with Crippen LogP contribution in [0.15, 0.2) is 0 Å². The Labute approximate surface area is 112 Å². The summed E-state index contributed by atoms with van der Waals surface area (Å²) < 4.78 is 10.6. The minimum Gasteiger partial charge on any atom is -0.480 e. The lowest BCUT2D eigenvalue weighted by molar-refractivity contribution is -0.137. The molecule has 19 heavy (non-hydrogen) atoms. The highest BCUT2D eigenvalue weighted by Crippen LogP contribution is 2.28. The Kier molecular flexibility index (Phi) is 4.26. The number of carboxylic acid groups (broad SMARTS) is 1. The van der Waals surface area contributed by atoms with Crippen molar-refractivity contribution < 1.29 is 24.2 Å². The van der Waals surface area contributed by atoms with Crippen LogP contribution < -0.4 is 0 Å². The van der Waals surface area contributed by atoms with E-state index in [9.17, 15) is 9.59 Å². The number of urea groups is 1. The molecule has 0 spiro atoms. The number of aliphatic carboxylic acids is 1. The van der Waals surface area contributed by atoms with Gasteiger partial charge in [-0.1, -0.05) is 0 Å². The number of hydrogen-bond acceptors (Lipinski definition) is 4. The number of rotatable bonds is 5. The Morgan fingerprint density at radius 1 is 1.21 bits per heavy atom. The van der Waals surface area contributed by atoms with Gasteiger partial charge in [-0.25, -0.2) is 4.79 Å². The zero-order valence-electron chi connectivity index (χ0n) is 11.2. The van der Waals surface area contributed by atoms with E-state index in [0.29, 0.717) is 13.1 Å². The summed E-state index contributed by atoms with van der Waals surface area (Å²) in [5.74, 6) is -0.981. The van der Waals surface area contributed by atoms with Crippen LogP contribution in [-0.2, 0) is 14.3 Å². The molecule has 0 aromatic carbocycles. The summed E-state index contributed by atoms with van der Waals surface area (Å²) >= 11 is 0. The molecule has 7 nitrogen and oxygen atoms in total. The predicted molar refractivity (Wildman–Crippen MR) is 65.9 cm³/mol. The van der Waals surface area contributed by atoms with E-state index in [2.05, 4.69) is 0 Å². The molecule has 2 amide bonds. The van der Waals surface area contributed by atoms with Crippen molar-refractivity contribution in [2.45, 2.75) is 31.1 Å². The number of carboxylic acids is 1. The second-order valence-electron chi connectivity index (χ2n) is 4.99. The van der Waals surface area contributed by atoms with Crippen LogP contribution in [0, 0.1) is 0 Å². The Bertz CT molecular complexity index is 346. The van der Waals surface area contributed by atoms with Gasteiger partial charge in [0.2, 0.25) is 0 Å². The van der Waals surface area contributed by atoms with Crippen LogP contribution >= 0.6 is 0 Å². The van der Waals surface area contributed by atoms with Gasteiger partial charge in [0.15, 0.2) is 0 Å². The van der Waals surface area contributed by atoms with Crippen LogP contribution in [-0.4, -0.2) is 79.0 Å². The largest absolute Gasteiger partial charge is 0.480 e. The first-order valence-electron chi connectivity index (χ1n) is 6.39. The number of carbonyl (C=O) groups is 2. The van der Waals surface area contributed by atoms with Crippen LogP contribution in [0.4, 0.5) is 4.79 Å². The fraction of sp³-hybridized carbons (Fsp3) is 0.833. The van der Waals surface area contributed by atoms with Crippen molar-refractivity contribution in [3.8, 4) is 0 Å². The average Bonchev–Trinajstić information content (AvgIpc) is 3.13. The van der Waals surface area contributed by atoms with Gasteiger partial charge in [-0.15, -0.1) is 0 Å². The standard InChI is InChI=1S/C12H20N2O5/c1-18-9-5-13(6-10(9)19-2)12(17)14(7-11(15)16)8-3-4-8/h8-10H,3-7H2,1-2H3,(H,15,16). The molecule has 0 aromatic rings. The quantitative estimate of drug-likeness (QED) is 0.762. The number of nitrogens with zero attached hydrogens (tertiary/aromatic N) is 2. The molecule has 0 bridgehead atoms. The predicted octanol–water partition coefficient (Wildman–Crippen LogP) is 0.00100. The van der Waals surface area contributed by atoms with E-state index in [1.165, 1.54) is 4.90 Å². The first-order chi connectivity index (χ1) is 9.06. The van der Waals surface area contributed by atoms with E-state index in [1.807, 2.05) is 0 Å². The van der Waals surface area contributed by atoms with Crippen LogP contribution in [0.5, 0.6) is 0 Å². The Morgan fingerprint density at radius 3 is 2.11 bits per heavy atom. The molecule has 1 N–H and O–H groups in total. The van der Waals surface area contributed by atoms with Crippen LogP contribution in [0.3, 0.4) is 0 Å². The van der Waals surface area contributed by atoms with Gasteiger partial charge in [-0.2, -0.15) is 0 Å². The molecular formula is C12H20N2O5. The molecule has 7 heteroatoms. The highest BCUT2D eigenvalue weighted by atomic mass is 16.5. The number of carbonyl (C=O) groups excluding carboxylic acids is 1. The SMILES string of the molecule is COC1CN(C(=O)N(CC(=O)O)C2CC2)CC1OC. The summed E-state index contributed by atoms with van der Waals surface area (Å²) in [6.45, 7) is 0.642. The molecule has 2 fully saturated rings. The first-order valence-corrected chi connectivity index (χ1v) is 6.39. The zero-order chi connectivity index (χ0) is 14.0. The maximum atomic E-state index is 12.4. The minimum absolute atomic E-state index is 0.0752. The smallest absolute Gasteiger partial charge is 0.323 e. The Morgan fingerprint density at radius 2 is 1.74 bits per heavy atom. The highest BCUT2D eigenvalue weighted by molar-refractivity contribution is 5.81. The number of methoxy groups -OCH3 is 2. The molecule has 0 radical (unpaired) electrons. The van der Waals surface area contributed by atoms with Gasteiger partial charge in [0.25, 0.3) is 0 Å². The van der Waals surface area contributed by atoms with Gasteiger partial charge in [-0.05, 0) is 12.8 Å². The van der Waals surface area contributed by atoms with Gasteiger partial charge in [-0.3, -0.25) is 4.79 Å². The lowest BCUT2D eigenvalue weighted by atomic mass is 10.3. The Balaban J connectivity index is 2.00. The van der Waals surface area contributed by atoms with Crippen LogP contribution in [0.1, 0.15) is 12.8 Å². The monoisotopic (exact) mass is 272 g/mol. The van der Waals surface area contributed by atoms with E-state index in [4.69, 9.17) is 14.6 Å². The van der Waals surface area contributed by atoms with E-state index in [-0.39, 0.29) is 30.8 Å². The molecule has 1 aliphatic carbocycles. The van der Waals surface area contributed by atoms with Gasteiger partial charge < -0.3 is 24.4 Å². The molecule has 2 aliphatic rings. The maximum Gasteiger partial charge on any atom is 0.323 e. The van der Waals surface area contributed by atoms with E-state index in [1.54, 1.807) is 19.1 Å². The molecule has 108 valence electrons. The fourth-order valence-electron chi connectivity index (χ4n) is 2.42. The topological polar surface area (TPSA) is 79.3 Å². The average molecular weight is 272 g/mol. The summed E-state index contributed by atoms with van der Waals surface area (Å²) in [5.41, 5.74) is 0. The van der Waals surface area contributed by atoms with Crippen LogP contribution in [0.25, 0.3) is 0 Å². The fourth-order valence-corrected chi connectivity index (χ4v) is 2.42. The third kappa shape index (κ3) is 3.16. The van der Waals surface area contributed by atoms with E-state index < -0.39 is 5.97 Å². The molecule has 2 atom stereocenters. The van der Waals surface area contributed by atoms with Crippen molar-refractivity contribution in [3.05, 3.63) is 0 Å². The minimum atomic E-state index is -0.981. The van der Waals surface area contributed by atoms with Crippen molar-refractivity contribution in [2.24, 2.45) is 0 Å². The molecule has 1 saturated carbocycles. The Hall–Kier alpha value is -1.34. The second kappa shape index (κ2) is 5.75. The normalized spacial score (nSPS) is 26.5. The van der Waals surface area contributed by atoms with Gasteiger partial charge >= 0.3 is 12.0 Å². The van der Waals surface area contributed by atoms with Crippen molar-refractivity contribution in [2.75, 3.05) is 33.9 Å². The summed E-state index contributed by atoms with van der Waals surface area (Å²) in [6, 6.07) is -0.155. The van der Waals surface area contributed by atoms with Gasteiger partial charge in [0.1, 0.15) is 18.8 Å². The summed E-state index contributed by atoms with van der Waals surface area (Å²) in [4.78, 5) is 26.3. The molecular weight excluding hydrogens is 252 g/mol. The van der Waals surface area contributed by atoms with Crippen LogP contribution in [0.2, 0.25) is 0 Å². The molecule has 1 saturated heterocycles. The van der Waals surface area contributed by atoms with Crippen molar-refractivity contribution in [3.63, 3.8) is 0 Å². The van der Waals surface area contributed by atoms with E-state index in [0.717, 1.165) is 12.8 Å². The summed E-state index contributed by atoms with van der Waals surface area (Å²) in [6.07, 6.45) is 1.46. The number of hydrogen-bond donors (Lipinski definition) is 1. The third-order valence-corrected chi connectivity index (χ3v) is 3.63. The maximum absolute atomic E-state index is 12.4. The molecule has 1 aliphatic heterocycles. The number of amides is 2. The summed E-state index contributed by atoms with van der Waals surface area (Å²) in [7, 11) is 3.17. The van der Waals surface area contributed by atoms with Crippen molar-refractivity contribution in [1.29, 1.82) is 0 Å². The lowest BCUT2D eigenvalue weighted by Gasteiger charge is -2.26. The van der Waals surface area contributed by atoms with Gasteiger partial charge in [0.05, 0.1) is 13.1 Å². The zero-order valence-corrected chi connectivity index (χ0v) is 11.2. The molecule has 2 unspecified atom stereocenters. The molecule has 0 aromatic heterocycles. The van der Waals surface area contributed by atoms with Crippen molar-refractivity contribution in [1.82, 2.24) is 9.80 Å². The number of ether oxygens (including phenoxy) is 2. The van der Waals surface area contributed by atoms with E-state index >= 15 is 0 Å². The third-order valence-electron chi connectivity index (χ3n) is 3.63. The molecule has 2 rings (SSSR count). The second-order valence-corrected chi connectivity index (χ2v) is 4.99. The van der Waals surface area contributed by atoms with Gasteiger partial charge in [0, 0.05) is 20.3 Å². The highest BCUT2D eigenvalue weighted by Gasteiger charge is 2.41. The van der Waals surface area contributed by atoms with Crippen molar-refractivity contribution >= 4 is 12.0 Å².